The summed E-state index contributed by atoms with van der Waals surface area (Å²) in [6.45, 7) is 5.14. The van der Waals surface area contributed by atoms with Gasteiger partial charge in [0, 0.05) is 31.9 Å². The molecule has 122 valence electrons. The van der Waals surface area contributed by atoms with Crippen LogP contribution in [0.5, 0.6) is 0 Å². The van der Waals surface area contributed by atoms with Gasteiger partial charge >= 0.3 is 0 Å². The molecular weight excluding hydrogens is 312 g/mol. The third-order valence-corrected chi connectivity index (χ3v) is 4.61. The molecule has 1 saturated heterocycles. The average Bonchev–Trinajstić information content (AvgIpc) is 2.55. The Labute approximate surface area is 141 Å². The Kier molecular flexibility index (Phi) is 4.93. The Bertz CT molecular complexity index is 650. The van der Waals surface area contributed by atoms with Crippen LogP contribution in [-0.4, -0.2) is 39.0 Å². The number of nitrogens with one attached hydrogen (secondary N) is 1. The highest BCUT2D eigenvalue weighted by molar-refractivity contribution is 6.35. The molecule has 23 heavy (non-hydrogen) atoms. The summed E-state index contributed by atoms with van der Waals surface area (Å²) in [6.07, 6.45) is 4.30. The molecular formula is C16H21ClN6. The lowest BCUT2D eigenvalue weighted by atomic mass is 9.93. The van der Waals surface area contributed by atoms with E-state index in [0.717, 1.165) is 31.7 Å². The minimum atomic E-state index is 0.310. The van der Waals surface area contributed by atoms with E-state index in [2.05, 4.69) is 38.2 Å². The number of likely N-dealkylation sites (tertiary alicyclic amines) is 1. The largest absolute Gasteiger partial charge is 0.382 e. The van der Waals surface area contributed by atoms with Crippen LogP contribution in [0.15, 0.2) is 30.7 Å². The lowest BCUT2D eigenvalue weighted by molar-refractivity contribution is 0.163. The summed E-state index contributed by atoms with van der Waals surface area (Å²) in [5.41, 5.74) is 6.84. The summed E-state index contributed by atoms with van der Waals surface area (Å²) < 4.78 is 0. The number of nitrogen functional groups attached to an aromatic ring is 1. The van der Waals surface area contributed by atoms with Crippen molar-refractivity contribution in [1.29, 1.82) is 0 Å². The number of nitrogens with zero attached hydrogens (tertiary/aromatic N) is 4. The minimum Gasteiger partial charge on any atom is -0.382 e. The zero-order valence-electron chi connectivity index (χ0n) is 13.1. The fraction of sp³-hybridized carbons (Fsp3) is 0.438. The van der Waals surface area contributed by atoms with Crippen molar-refractivity contribution in [3.05, 3.63) is 41.4 Å². The van der Waals surface area contributed by atoms with Gasteiger partial charge in [-0.25, -0.2) is 9.97 Å². The molecule has 2 unspecified atom stereocenters. The van der Waals surface area contributed by atoms with Gasteiger partial charge in [-0.3, -0.25) is 9.88 Å². The van der Waals surface area contributed by atoms with Crippen molar-refractivity contribution in [2.45, 2.75) is 25.9 Å². The first kappa shape index (κ1) is 16.0. The van der Waals surface area contributed by atoms with Crippen LogP contribution in [0, 0.1) is 5.92 Å². The van der Waals surface area contributed by atoms with Crippen molar-refractivity contribution in [2.75, 3.05) is 24.1 Å². The van der Waals surface area contributed by atoms with Crippen molar-refractivity contribution in [3.8, 4) is 0 Å². The van der Waals surface area contributed by atoms with Crippen molar-refractivity contribution >= 4 is 23.2 Å². The summed E-state index contributed by atoms with van der Waals surface area (Å²) >= 11 is 6.16. The van der Waals surface area contributed by atoms with Crippen molar-refractivity contribution in [3.63, 3.8) is 0 Å². The molecule has 3 N–H and O–H groups in total. The van der Waals surface area contributed by atoms with E-state index in [-0.39, 0.29) is 0 Å². The van der Waals surface area contributed by atoms with Gasteiger partial charge in [0.25, 0.3) is 0 Å². The van der Waals surface area contributed by atoms with Crippen LogP contribution < -0.4 is 11.1 Å². The molecule has 1 aliphatic rings. The topological polar surface area (TPSA) is 80.0 Å². The first-order valence-corrected chi connectivity index (χ1v) is 8.16. The Morgan fingerprint density at radius 3 is 2.96 bits per heavy atom. The first-order chi connectivity index (χ1) is 11.1. The van der Waals surface area contributed by atoms with Crippen LogP contribution >= 0.6 is 11.6 Å². The molecule has 2 aromatic heterocycles. The third-order valence-electron chi connectivity index (χ3n) is 4.24. The zero-order chi connectivity index (χ0) is 16.2. The SMILES string of the molecule is CC1CN(Cc2ccccn2)CCC1Nc1ncnc(N)c1Cl. The number of nitrogens with two attached hydrogens (primary N) is 1. The number of pyridine rings is 1. The monoisotopic (exact) mass is 332 g/mol. The number of halogens is 1. The molecule has 0 spiro atoms. The number of aromatic nitrogens is 3. The van der Waals surface area contributed by atoms with E-state index in [4.69, 9.17) is 17.3 Å². The van der Waals surface area contributed by atoms with E-state index in [9.17, 15) is 0 Å². The summed E-state index contributed by atoms with van der Waals surface area (Å²) in [6, 6.07) is 6.36. The molecule has 6 nitrogen and oxygen atoms in total. The molecule has 2 atom stereocenters. The fourth-order valence-electron chi connectivity index (χ4n) is 2.97. The average molecular weight is 333 g/mol. The number of anilines is 2. The van der Waals surface area contributed by atoms with Crippen molar-refractivity contribution in [1.82, 2.24) is 19.9 Å². The molecule has 0 radical (unpaired) electrons. The zero-order valence-corrected chi connectivity index (χ0v) is 13.9. The molecule has 1 aliphatic heterocycles. The van der Waals surface area contributed by atoms with E-state index in [1.165, 1.54) is 6.33 Å². The Balaban J connectivity index is 1.59. The van der Waals surface area contributed by atoms with Crippen LogP contribution in [0.25, 0.3) is 0 Å². The lowest BCUT2D eigenvalue weighted by Gasteiger charge is -2.37. The second-order valence-corrected chi connectivity index (χ2v) is 6.37. The smallest absolute Gasteiger partial charge is 0.150 e. The van der Waals surface area contributed by atoms with E-state index >= 15 is 0 Å². The minimum absolute atomic E-state index is 0.310. The predicted octanol–water partition coefficient (Wildman–Crippen LogP) is 2.43. The molecule has 0 bridgehead atoms. The van der Waals surface area contributed by atoms with E-state index in [1.54, 1.807) is 0 Å². The maximum atomic E-state index is 6.16. The van der Waals surface area contributed by atoms with Crippen LogP contribution in [0.2, 0.25) is 5.02 Å². The second kappa shape index (κ2) is 7.10. The molecule has 0 saturated carbocycles. The quantitative estimate of drug-likeness (QED) is 0.895. The highest BCUT2D eigenvalue weighted by Gasteiger charge is 2.27. The third kappa shape index (κ3) is 3.89. The van der Waals surface area contributed by atoms with Gasteiger partial charge in [0.1, 0.15) is 17.2 Å². The van der Waals surface area contributed by atoms with E-state index in [0.29, 0.717) is 28.6 Å². The molecule has 1 fully saturated rings. The number of piperidine rings is 1. The molecule has 3 heterocycles. The molecule has 2 aromatic rings. The van der Waals surface area contributed by atoms with Crippen LogP contribution in [-0.2, 0) is 6.54 Å². The van der Waals surface area contributed by atoms with Crippen LogP contribution in [0.1, 0.15) is 19.0 Å². The van der Waals surface area contributed by atoms with Gasteiger partial charge in [0.2, 0.25) is 0 Å². The summed E-state index contributed by atoms with van der Waals surface area (Å²) in [4.78, 5) is 14.9. The summed E-state index contributed by atoms with van der Waals surface area (Å²) in [5.74, 6) is 1.40. The van der Waals surface area contributed by atoms with Crippen molar-refractivity contribution in [2.24, 2.45) is 5.92 Å². The van der Waals surface area contributed by atoms with Gasteiger partial charge in [-0.2, -0.15) is 0 Å². The van der Waals surface area contributed by atoms with Gasteiger partial charge in [0.15, 0.2) is 5.82 Å². The van der Waals surface area contributed by atoms with Gasteiger partial charge in [-0.1, -0.05) is 24.6 Å². The van der Waals surface area contributed by atoms with Gasteiger partial charge in [0.05, 0.1) is 5.69 Å². The maximum absolute atomic E-state index is 6.16. The second-order valence-electron chi connectivity index (χ2n) is 5.99. The van der Waals surface area contributed by atoms with Gasteiger partial charge < -0.3 is 11.1 Å². The Hall–Kier alpha value is -1.92. The molecule has 0 aromatic carbocycles. The summed E-state index contributed by atoms with van der Waals surface area (Å²) in [7, 11) is 0. The Morgan fingerprint density at radius 1 is 1.35 bits per heavy atom. The molecule has 0 amide bonds. The highest BCUT2D eigenvalue weighted by atomic mass is 35.5. The molecule has 0 aliphatic carbocycles. The maximum Gasteiger partial charge on any atom is 0.150 e. The van der Waals surface area contributed by atoms with E-state index < -0.39 is 0 Å². The van der Waals surface area contributed by atoms with Crippen LogP contribution in [0.4, 0.5) is 11.6 Å². The standard InChI is InChI=1S/C16H21ClN6/c1-11-8-23(9-12-4-2-3-6-19-12)7-5-13(11)22-16-14(17)15(18)20-10-21-16/h2-4,6,10-11,13H,5,7-9H2,1H3,(H3,18,20,21,22). The van der Waals surface area contributed by atoms with Crippen molar-refractivity contribution < 1.29 is 0 Å². The molecule has 7 heteroatoms. The van der Waals surface area contributed by atoms with Gasteiger partial charge in [-0.05, 0) is 24.5 Å². The fourth-order valence-corrected chi connectivity index (χ4v) is 3.12. The van der Waals surface area contributed by atoms with Gasteiger partial charge in [-0.15, -0.1) is 0 Å². The summed E-state index contributed by atoms with van der Waals surface area (Å²) in [5, 5.41) is 3.82. The Morgan fingerprint density at radius 2 is 2.22 bits per heavy atom. The molecule has 3 rings (SSSR count). The number of hydrogen-bond donors (Lipinski definition) is 2. The lowest BCUT2D eigenvalue weighted by Crippen LogP contribution is -2.45. The normalized spacial score (nSPS) is 22.0. The number of hydrogen-bond acceptors (Lipinski definition) is 6. The van der Waals surface area contributed by atoms with Crippen LogP contribution in [0.3, 0.4) is 0 Å². The predicted molar refractivity (Wildman–Crippen MR) is 92.2 cm³/mol. The number of rotatable bonds is 4. The highest BCUT2D eigenvalue weighted by Crippen LogP contribution is 2.27. The van der Waals surface area contributed by atoms with E-state index in [1.807, 2.05) is 18.3 Å². The first-order valence-electron chi connectivity index (χ1n) is 7.78.